The second kappa shape index (κ2) is 5.63. The highest BCUT2D eigenvalue weighted by molar-refractivity contribution is 7.99. The first kappa shape index (κ1) is 11.9. The van der Waals surface area contributed by atoms with Crippen molar-refractivity contribution in [3.63, 3.8) is 0 Å². The first-order chi connectivity index (χ1) is 8.25. The number of aromatic nitrogens is 3. The third kappa shape index (κ3) is 3.42. The molecule has 0 N–H and O–H groups in total. The SMILES string of the molecule is CC(C)=CCSc1nnc(-c2cccnc2)o1. The molecule has 2 heterocycles. The minimum Gasteiger partial charge on any atom is -0.411 e. The van der Waals surface area contributed by atoms with Crippen molar-refractivity contribution in [2.75, 3.05) is 5.75 Å². The van der Waals surface area contributed by atoms with E-state index in [0.717, 1.165) is 11.3 Å². The Morgan fingerprint density at radius 2 is 2.29 bits per heavy atom. The number of pyridine rings is 1. The van der Waals surface area contributed by atoms with Gasteiger partial charge < -0.3 is 4.42 Å². The normalized spacial score (nSPS) is 10.2. The first-order valence-electron chi connectivity index (χ1n) is 5.26. The Balaban J connectivity index is 2.04. The molecular formula is C12H13N3OS. The maximum atomic E-state index is 5.52. The van der Waals surface area contributed by atoms with Gasteiger partial charge in [0.25, 0.3) is 5.22 Å². The van der Waals surface area contributed by atoms with E-state index in [1.165, 1.54) is 17.3 Å². The van der Waals surface area contributed by atoms with E-state index in [-0.39, 0.29) is 0 Å². The fourth-order valence-corrected chi connectivity index (χ4v) is 1.95. The largest absolute Gasteiger partial charge is 0.411 e. The van der Waals surface area contributed by atoms with Crippen LogP contribution in [-0.2, 0) is 0 Å². The van der Waals surface area contributed by atoms with Crippen molar-refractivity contribution in [2.45, 2.75) is 19.1 Å². The third-order valence-corrected chi connectivity index (χ3v) is 2.76. The van der Waals surface area contributed by atoms with Gasteiger partial charge in [0, 0.05) is 18.1 Å². The summed E-state index contributed by atoms with van der Waals surface area (Å²) in [6.07, 6.45) is 5.54. The van der Waals surface area contributed by atoms with Crippen LogP contribution in [0.1, 0.15) is 13.8 Å². The van der Waals surface area contributed by atoms with E-state index in [1.54, 1.807) is 12.4 Å². The third-order valence-electron chi connectivity index (χ3n) is 2.01. The summed E-state index contributed by atoms with van der Waals surface area (Å²) in [7, 11) is 0. The lowest BCUT2D eigenvalue weighted by Gasteiger charge is -1.92. The standard InChI is InChI=1S/C12H13N3OS/c1-9(2)5-7-17-12-15-14-11(16-12)10-4-3-6-13-8-10/h3-6,8H,7H2,1-2H3. The van der Waals surface area contributed by atoms with Crippen molar-refractivity contribution in [1.29, 1.82) is 0 Å². The van der Waals surface area contributed by atoms with E-state index in [1.807, 2.05) is 12.1 Å². The number of thioether (sulfide) groups is 1. The Kier molecular flexibility index (Phi) is 3.93. The Bertz CT molecular complexity index is 503. The summed E-state index contributed by atoms with van der Waals surface area (Å²) < 4.78 is 5.52. The lowest BCUT2D eigenvalue weighted by atomic mass is 10.3. The monoisotopic (exact) mass is 247 g/mol. The molecule has 0 radical (unpaired) electrons. The van der Waals surface area contributed by atoms with Gasteiger partial charge in [-0.3, -0.25) is 4.98 Å². The van der Waals surface area contributed by atoms with Crippen LogP contribution in [0.25, 0.3) is 11.5 Å². The maximum absolute atomic E-state index is 5.52. The first-order valence-corrected chi connectivity index (χ1v) is 6.24. The summed E-state index contributed by atoms with van der Waals surface area (Å²) in [5.41, 5.74) is 2.12. The van der Waals surface area contributed by atoms with E-state index in [0.29, 0.717) is 11.1 Å². The average Bonchev–Trinajstić information content (AvgIpc) is 2.78. The van der Waals surface area contributed by atoms with E-state index in [9.17, 15) is 0 Å². The Morgan fingerprint density at radius 3 is 3.00 bits per heavy atom. The van der Waals surface area contributed by atoms with Crippen molar-refractivity contribution in [3.8, 4) is 11.5 Å². The number of hydrogen-bond donors (Lipinski definition) is 0. The quantitative estimate of drug-likeness (QED) is 0.613. The van der Waals surface area contributed by atoms with Crippen LogP contribution in [0.3, 0.4) is 0 Å². The van der Waals surface area contributed by atoms with Crippen molar-refractivity contribution in [1.82, 2.24) is 15.2 Å². The van der Waals surface area contributed by atoms with Crippen molar-refractivity contribution in [2.24, 2.45) is 0 Å². The minimum absolute atomic E-state index is 0.512. The van der Waals surface area contributed by atoms with Gasteiger partial charge in [0.15, 0.2) is 0 Å². The fraction of sp³-hybridized carbons (Fsp3) is 0.250. The Morgan fingerprint density at radius 1 is 1.41 bits per heavy atom. The molecule has 2 rings (SSSR count). The van der Waals surface area contributed by atoms with Crippen LogP contribution in [0.15, 0.2) is 45.8 Å². The van der Waals surface area contributed by atoms with Crippen LogP contribution in [0.4, 0.5) is 0 Å². The van der Waals surface area contributed by atoms with Crippen molar-refractivity contribution >= 4 is 11.8 Å². The summed E-state index contributed by atoms with van der Waals surface area (Å²) in [6, 6.07) is 3.74. The molecule has 0 atom stereocenters. The van der Waals surface area contributed by atoms with Crippen LogP contribution < -0.4 is 0 Å². The lowest BCUT2D eigenvalue weighted by Crippen LogP contribution is -1.78. The molecule has 0 aromatic carbocycles. The zero-order chi connectivity index (χ0) is 12.1. The molecule has 0 saturated carbocycles. The predicted octanol–water partition coefficient (Wildman–Crippen LogP) is 3.19. The van der Waals surface area contributed by atoms with Gasteiger partial charge in [-0.2, -0.15) is 0 Å². The second-order valence-corrected chi connectivity index (χ2v) is 4.68. The number of hydrogen-bond acceptors (Lipinski definition) is 5. The average molecular weight is 247 g/mol. The Hall–Kier alpha value is -1.62. The molecule has 17 heavy (non-hydrogen) atoms. The van der Waals surface area contributed by atoms with Crippen LogP contribution in [0.5, 0.6) is 0 Å². The molecule has 0 aliphatic carbocycles. The predicted molar refractivity (Wildman–Crippen MR) is 67.7 cm³/mol. The van der Waals surface area contributed by atoms with Gasteiger partial charge in [0.2, 0.25) is 5.89 Å². The second-order valence-electron chi connectivity index (χ2n) is 3.71. The van der Waals surface area contributed by atoms with E-state index in [4.69, 9.17) is 4.42 Å². The summed E-state index contributed by atoms with van der Waals surface area (Å²) in [5, 5.41) is 8.55. The molecule has 2 aromatic heterocycles. The molecule has 88 valence electrons. The van der Waals surface area contributed by atoms with Gasteiger partial charge in [-0.15, -0.1) is 10.2 Å². The van der Waals surface area contributed by atoms with E-state index < -0.39 is 0 Å². The maximum Gasteiger partial charge on any atom is 0.277 e. The van der Waals surface area contributed by atoms with Gasteiger partial charge in [0.1, 0.15) is 0 Å². The van der Waals surface area contributed by atoms with Crippen LogP contribution in [0, 0.1) is 0 Å². The number of rotatable bonds is 4. The molecular weight excluding hydrogens is 234 g/mol. The molecule has 0 amide bonds. The van der Waals surface area contributed by atoms with Gasteiger partial charge in [-0.05, 0) is 26.0 Å². The Labute approximate surface area is 104 Å². The van der Waals surface area contributed by atoms with Gasteiger partial charge in [-0.1, -0.05) is 23.4 Å². The fourth-order valence-electron chi connectivity index (χ4n) is 1.15. The molecule has 0 fully saturated rings. The molecule has 0 aliphatic rings. The van der Waals surface area contributed by atoms with Gasteiger partial charge in [0.05, 0.1) is 5.56 Å². The van der Waals surface area contributed by atoms with Gasteiger partial charge >= 0.3 is 0 Å². The highest BCUT2D eigenvalue weighted by Crippen LogP contribution is 2.22. The summed E-state index contributed by atoms with van der Waals surface area (Å²) >= 11 is 1.53. The summed E-state index contributed by atoms with van der Waals surface area (Å²) in [4.78, 5) is 4.01. The van der Waals surface area contributed by atoms with Gasteiger partial charge in [-0.25, -0.2) is 0 Å². The molecule has 4 nitrogen and oxygen atoms in total. The molecule has 0 aliphatic heterocycles. The van der Waals surface area contributed by atoms with Crippen LogP contribution in [0.2, 0.25) is 0 Å². The molecule has 2 aromatic rings. The molecule has 0 bridgehead atoms. The molecule has 5 heteroatoms. The van der Waals surface area contributed by atoms with Crippen molar-refractivity contribution < 1.29 is 4.42 Å². The summed E-state index contributed by atoms with van der Waals surface area (Å²) in [5.74, 6) is 1.36. The number of allylic oxidation sites excluding steroid dienone is 1. The lowest BCUT2D eigenvalue weighted by molar-refractivity contribution is 0.466. The zero-order valence-electron chi connectivity index (χ0n) is 9.75. The molecule has 0 unspecified atom stereocenters. The highest BCUT2D eigenvalue weighted by atomic mass is 32.2. The van der Waals surface area contributed by atoms with E-state index in [2.05, 4.69) is 35.1 Å². The number of nitrogens with zero attached hydrogens (tertiary/aromatic N) is 3. The van der Waals surface area contributed by atoms with Crippen molar-refractivity contribution in [3.05, 3.63) is 36.2 Å². The summed E-state index contributed by atoms with van der Waals surface area (Å²) in [6.45, 7) is 4.13. The smallest absolute Gasteiger partial charge is 0.277 e. The van der Waals surface area contributed by atoms with Crippen LogP contribution in [-0.4, -0.2) is 20.9 Å². The van der Waals surface area contributed by atoms with Crippen LogP contribution >= 0.6 is 11.8 Å². The van der Waals surface area contributed by atoms with E-state index >= 15 is 0 Å². The zero-order valence-corrected chi connectivity index (χ0v) is 10.6. The molecule has 0 spiro atoms. The topological polar surface area (TPSA) is 51.8 Å². The highest BCUT2D eigenvalue weighted by Gasteiger charge is 2.07. The minimum atomic E-state index is 0.512. The molecule has 0 saturated heterocycles.